The fourth-order valence-electron chi connectivity index (χ4n) is 3.01. The Morgan fingerprint density at radius 3 is 2.60 bits per heavy atom. The molecule has 0 spiro atoms. The lowest BCUT2D eigenvalue weighted by molar-refractivity contribution is 0.0529. The van der Waals surface area contributed by atoms with Crippen molar-refractivity contribution in [2.45, 2.75) is 26.0 Å². The van der Waals surface area contributed by atoms with E-state index in [2.05, 4.69) is 42.5 Å². The fourth-order valence-corrected chi connectivity index (χ4v) is 4.05. The van der Waals surface area contributed by atoms with Crippen molar-refractivity contribution in [2.75, 3.05) is 12.4 Å². The Hall–Kier alpha value is -2.20. The van der Waals surface area contributed by atoms with Crippen LogP contribution in [0.2, 0.25) is 0 Å². The third-order valence-corrected chi connectivity index (χ3v) is 5.36. The lowest BCUT2D eigenvalue weighted by Gasteiger charge is -2.17. The maximum Gasteiger partial charge on any atom is 0.340 e. The number of nitrogens with zero attached hydrogens (tertiary/aromatic N) is 1. The predicted molar refractivity (Wildman–Crippen MR) is 105 cm³/mol. The highest BCUT2D eigenvalue weighted by atomic mass is 32.2. The molecule has 0 saturated carbocycles. The van der Waals surface area contributed by atoms with Crippen molar-refractivity contribution in [3.8, 4) is 0 Å². The number of esters is 1. The predicted octanol–water partition coefficient (Wildman–Crippen LogP) is 5.27. The Labute approximate surface area is 153 Å². The van der Waals surface area contributed by atoms with E-state index in [-0.39, 0.29) is 11.2 Å². The van der Waals surface area contributed by atoms with E-state index in [1.807, 2.05) is 49.1 Å². The maximum atomic E-state index is 12.4. The van der Waals surface area contributed by atoms with Gasteiger partial charge in [-0.2, -0.15) is 0 Å². The van der Waals surface area contributed by atoms with Gasteiger partial charge in [0.25, 0.3) is 0 Å². The van der Waals surface area contributed by atoms with Gasteiger partial charge in [0.15, 0.2) is 0 Å². The van der Waals surface area contributed by atoms with E-state index in [0.29, 0.717) is 12.2 Å². The summed E-state index contributed by atoms with van der Waals surface area (Å²) in [6.45, 7) is 6.47. The lowest BCUT2D eigenvalue weighted by atomic mass is 10.1. The average Bonchev–Trinajstić information content (AvgIpc) is 3.00. The minimum atomic E-state index is -0.262. The quantitative estimate of drug-likeness (QED) is 0.566. The summed E-state index contributed by atoms with van der Waals surface area (Å²) in [5.74, 6) is 0.731. The molecule has 1 aromatic carbocycles. The van der Waals surface area contributed by atoms with Gasteiger partial charge in [0.2, 0.25) is 0 Å². The molecule has 0 saturated heterocycles. The third kappa shape index (κ3) is 3.59. The van der Waals surface area contributed by atoms with Gasteiger partial charge in [-0.15, -0.1) is 11.8 Å². The van der Waals surface area contributed by atoms with Crippen LogP contribution in [0, 0.1) is 6.92 Å². The van der Waals surface area contributed by atoms with Crippen LogP contribution in [0.3, 0.4) is 0 Å². The van der Waals surface area contributed by atoms with Crippen LogP contribution in [0.25, 0.3) is 5.52 Å². The Kier molecular flexibility index (Phi) is 5.49. The minimum Gasteiger partial charge on any atom is -0.462 e. The Morgan fingerprint density at radius 2 is 1.92 bits per heavy atom. The van der Waals surface area contributed by atoms with Crippen molar-refractivity contribution in [1.29, 1.82) is 0 Å². The first-order valence-corrected chi connectivity index (χ1v) is 9.65. The summed E-state index contributed by atoms with van der Waals surface area (Å²) in [4.78, 5) is 12.4. The van der Waals surface area contributed by atoms with Crippen LogP contribution < -0.4 is 0 Å². The molecule has 25 heavy (non-hydrogen) atoms. The fraction of sp³-hybridized carbons (Fsp3) is 0.286. The zero-order valence-corrected chi connectivity index (χ0v) is 15.7. The number of ether oxygens (including phenoxy) is 1. The van der Waals surface area contributed by atoms with Crippen molar-refractivity contribution < 1.29 is 9.53 Å². The zero-order chi connectivity index (χ0) is 17.8. The molecule has 2 heterocycles. The molecule has 4 heteroatoms. The van der Waals surface area contributed by atoms with Gasteiger partial charge in [0, 0.05) is 11.9 Å². The summed E-state index contributed by atoms with van der Waals surface area (Å²) in [7, 11) is 0. The molecule has 0 aliphatic carbocycles. The second-order valence-electron chi connectivity index (χ2n) is 5.91. The molecule has 0 N–H and O–H groups in total. The highest BCUT2D eigenvalue weighted by Crippen LogP contribution is 2.37. The molecule has 0 amide bonds. The number of carbonyl (C=O) groups is 1. The van der Waals surface area contributed by atoms with Crippen LogP contribution in [0.15, 0.2) is 54.7 Å². The number of aryl methyl sites for hydroxylation is 1. The summed E-state index contributed by atoms with van der Waals surface area (Å²) in [5, 5.41) is 0.170. The van der Waals surface area contributed by atoms with Gasteiger partial charge in [-0.25, -0.2) is 4.79 Å². The first kappa shape index (κ1) is 17.6. The average molecular weight is 353 g/mol. The molecule has 130 valence electrons. The van der Waals surface area contributed by atoms with Crippen molar-refractivity contribution in [2.24, 2.45) is 0 Å². The molecule has 0 aliphatic heterocycles. The van der Waals surface area contributed by atoms with Crippen molar-refractivity contribution in [3.63, 3.8) is 0 Å². The smallest absolute Gasteiger partial charge is 0.340 e. The molecule has 0 aliphatic rings. The first-order valence-electron chi connectivity index (χ1n) is 8.61. The number of carbonyl (C=O) groups excluding carboxylic acids is 1. The van der Waals surface area contributed by atoms with E-state index < -0.39 is 0 Å². The molecule has 3 rings (SSSR count). The van der Waals surface area contributed by atoms with E-state index in [1.165, 1.54) is 11.1 Å². The monoisotopic (exact) mass is 353 g/mol. The van der Waals surface area contributed by atoms with Gasteiger partial charge >= 0.3 is 5.97 Å². The summed E-state index contributed by atoms with van der Waals surface area (Å²) >= 11 is 1.87. The molecular formula is C21H23NO2S. The summed E-state index contributed by atoms with van der Waals surface area (Å²) in [6.07, 6.45) is 2.02. The van der Waals surface area contributed by atoms with Crippen LogP contribution in [-0.4, -0.2) is 22.7 Å². The second kappa shape index (κ2) is 7.79. The topological polar surface area (TPSA) is 30.7 Å². The largest absolute Gasteiger partial charge is 0.462 e. The molecular weight excluding hydrogens is 330 g/mol. The van der Waals surface area contributed by atoms with E-state index in [4.69, 9.17) is 4.74 Å². The molecule has 0 radical (unpaired) electrons. The van der Waals surface area contributed by atoms with Crippen molar-refractivity contribution in [1.82, 2.24) is 4.40 Å². The normalized spacial score (nSPS) is 12.3. The SMILES string of the molecule is CCOC(=O)c1cc([C@H](SCC)c2ccc(C)cc2)n2ccccc12. The zero-order valence-electron chi connectivity index (χ0n) is 14.9. The molecule has 3 nitrogen and oxygen atoms in total. The van der Waals surface area contributed by atoms with Gasteiger partial charge < -0.3 is 9.14 Å². The second-order valence-corrected chi connectivity index (χ2v) is 7.29. The van der Waals surface area contributed by atoms with Crippen molar-refractivity contribution in [3.05, 3.63) is 77.1 Å². The summed E-state index contributed by atoms with van der Waals surface area (Å²) < 4.78 is 7.36. The van der Waals surface area contributed by atoms with Gasteiger partial charge in [0.05, 0.1) is 22.9 Å². The standard InChI is InChI=1S/C21H23NO2S/c1-4-24-21(23)17-14-19(22-13-7-6-8-18(17)22)20(25-5-2)16-11-9-15(3)10-12-16/h6-14,20H,4-5H2,1-3H3/t20-/m1/s1. The number of pyridine rings is 1. The van der Waals surface area contributed by atoms with Crippen molar-refractivity contribution >= 4 is 23.2 Å². The highest BCUT2D eigenvalue weighted by Gasteiger charge is 2.23. The maximum absolute atomic E-state index is 12.4. The van der Waals surface area contributed by atoms with Gasteiger partial charge in [-0.3, -0.25) is 0 Å². The van der Waals surface area contributed by atoms with E-state index in [1.54, 1.807) is 0 Å². The minimum absolute atomic E-state index is 0.170. The van der Waals surface area contributed by atoms with E-state index in [0.717, 1.165) is 17.0 Å². The third-order valence-electron chi connectivity index (χ3n) is 4.18. The first-order chi connectivity index (χ1) is 12.2. The number of benzene rings is 1. The van der Waals surface area contributed by atoms with Crippen LogP contribution >= 0.6 is 11.8 Å². The van der Waals surface area contributed by atoms with E-state index in [9.17, 15) is 4.79 Å². The molecule has 0 bridgehead atoms. The number of fused-ring (bicyclic) bond motifs is 1. The molecule has 3 aromatic rings. The number of hydrogen-bond acceptors (Lipinski definition) is 3. The summed E-state index contributed by atoms with van der Waals surface area (Å²) in [6, 6.07) is 16.5. The number of aromatic nitrogens is 1. The molecule has 0 unspecified atom stereocenters. The summed E-state index contributed by atoms with van der Waals surface area (Å²) in [5.41, 5.74) is 5.12. The number of hydrogen-bond donors (Lipinski definition) is 0. The van der Waals surface area contributed by atoms with E-state index >= 15 is 0 Å². The number of rotatable bonds is 6. The van der Waals surface area contributed by atoms with Gasteiger partial charge in [0.1, 0.15) is 0 Å². The van der Waals surface area contributed by atoms with Gasteiger partial charge in [-0.05, 0) is 43.4 Å². The van der Waals surface area contributed by atoms with Crippen LogP contribution in [0.1, 0.15) is 46.3 Å². The Bertz CT molecular complexity index is 867. The molecule has 1 atom stereocenters. The lowest BCUT2D eigenvalue weighted by Crippen LogP contribution is -2.03. The van der Waals surface area contributed by atoms with Crippen LogP contribution in [-0.2, 0) is 4.74 Å². The highest BCUT2D eigenvalue weighted by molar-refractivity contribution is 7.99. The molecule has 0 fully saturated rings. The molecule has 2 aromatic heterocycles. The van der Waals surface area contributed by atoms with Crippen LogP contribution in [0.5, 0.6) is 0 Å². The van der Waals surface area contributed by atoms with Crippen LogP contribution in [0.4, 0.5) is 0 Å². The number of thioether (sulfide) groups is 1. The Morgan fingerprint density at radius 1 is 1.16 bits per heavy atom. The van der Waals surface area contributed by atoms with Gasteiger partial charge in [-0.1, -0.05) is 42.8 Å². The Balaban J connectivity index is 2.14.